The molecule has 0 spiro atoms. The Balaban J connectivity index is -0.0000000910. The van der Waals surface area contributed by atoms with Gasteiger partial charge in [-0.25, -0.2) is 0 Å². The van der Waals surface area contributed by atoms with Crippen molar-refractivity contribution in [2.75, 3.05) is 13.2 Å². The fraction of sp³-hybridized carbons (Fsp3) is 0.625. The minimum Gasteiger partial charge on any atom is -0.445 e. The molecule has 2 heteroatoms. The third-order valence-electron chi connectivity index (χ3n) is 0.289. The number of rotatable bonds is 2. The van der Waals surface area contributed by atoms with Crippen molar-refractivity contribution in [3.05, 3.63) is 19.8 Å². The van der Waals surface area contributed by atoms with Crippen LogP contribution >= 0.6 is 0 Å². The van der Waals surface area contributed by atoms with E-state index in [1.54, 1.807) is 0 Å². The molecule has 0 N–H and O–H groups in total. The molecule has 0 radical (unpaired) electrons. The third-order valence-corrected chi connectivity index (χ3v) is 0.289. The van der Waals surface area contributed by atoms with Gasteiger partial charge in [0, 0.05) is 0 Å². The minimum atomic E-state index is 0. The summed E-state index contributed by atoms with van der Waals surface area (Å²) in [6, 6.07) is 0. The average Bonchev–Trinajstić information content (AvgIpc) is 1.66. The first kappa shape index (κ1) is 17.2. The Morgan fingerprint density at radius 1 is 1.10 bits per heavy atom. The predicted octanol–water partition coefficient (Wildman–Crippen LogP) is 2.29. The second-order valence-corrected chi connectivity index (χ2v) is 2.11. The quantitative estimate of drug-likeness (QED) is 0.646. The van der Waals surface area contributed by atoms with Crippen LogP contribution in [0.25, 0.3) is 0 Å². The summed E-state index contributed by atoms with van der Waals surface area (Å²) in [5, 5.41) is 0. The molecule has 0 aliphatic rings. The van der Waals surface area contributed by atoms with Crippen LogP contribution in [0.1, 0.15) is 20.8 Å². The van der Waals surface area contributed by atoms with Gasteiger partial charge in [-0.1, -0.05) is 13.2 Å². The Hall–Kier alpha value is 1.06. The van der Waals surface area contributed by atoms with Gasteiger partial charge in [0.05, 0.1) is 0 Å². The molecular formula is C8H17OY. The van der Waals surface area contributed by atoms with E-state index in [1.165, 1.54) is 5.92 Å². The fourth-order valence-corrected chi connectivity index (χ4v) is 0.102. The molecule has 0 amide bonds. The molecule has 0 saturated carbocycles. The summed E-state index contributed by atoms with van der Waals surface area (Å²) in [4.78, 5) is 0. The van der Waals surface area contributed by atoms with Gasteiger partial charge in [-0.3, -0.25) is 0 Å². The first-order valence-electron chi connectivity index (χ1n) is 3.08. The molecule has 0 aliphatic heterocycles. The molecule has 1 nitrogen and oxygen atoms in total. The van der Waals surface area contributed by atoms with Crippen LogP contribution in [-0.2, 0) is 37.4 Å². The van der Waals surface area contributed by atoms with Crippen LogP contribution in [0.4, 0.5) is 0 Å². The molecule has 0 bridgehead atoms. The SMILES string of the molecule is C[C-](C)C.[CH2-]COC[CH2-].[Y+3]. The molecule has 10 heavy (non-hydrogen) atoms. The van der Waals surface area contributed by atoms with Gasteiger partial charge in [-0.05, 0) is 0 Å². The van der Waals surface area contributed by atoms with E-state index in [1.807, 2.05) is 0 Å². The van der Waals surface area contributed by atoms with Gasteiger partial charge >= 0.3 is 32.7 Å². The zero-order valence-corrected chi connectivity index (χ0v) is 10.2. The second-order valence-electron chi connectivity index (χ2n) is 2.11. The molecule has 0 fully saturated rings. The summed E-state index contributed by atoms with van der Waals surface area (Å²) in [7, 11) is 0. The maximum Gasteiger partial charge on any atom is 3.00 e. The zero-order chi connectivity index (χ0) is 7.70. The van der Waals surface area contributed by atoms with Gasteiger partial charge in [-0.15, -0.1) is 0 Å². The molecule has 58 valence electrons. The van der Waals surface area contributed by atoms with E-state index in [2.05, 4.69) is 39.4 Å². The van der Waals surface area contributed by atoms with Gasteiger partial charge in [0.15, 0.2) is 0 Å². The molecule has 0 rings (SSSR count). The number of hydrogen-bond acceptors (Lipinski definition) is 1. The summed E-state index contributed by atoms with van der Waals surface area (Å²) in [6.45, 7) is 14.1. The Kier molecular flexibility index (Phi) is 28.6. The summed E-state index contributed by atoms with van der Waals surface area (Å²) in [5.41, 5.74) is 0. The van der Waals surface area contributed by atoms with Crippen molar-refractivity contribution in [1.29, 1.82) is 0 Å². The molecule has 0 aliphatic carbocycles. The van der Waals surface area contributed by atoms with Crippen LogP contribution in [-0.4, -0.2) is 13.2 Å². The summed E-state index contributed by atoms with van der Waals surface area (Å²) >= 11 is 0. The van der Waals surface area contributed by atoms with Crippen LogP contribution in [0.3, 0.4) is 0 Å². The van der Waals surface area contributed by atoms with Crippen molar-refractivity contribution in [2.45, 2.75) is 20.8 Å². The molecule has 0 aromatic carbocycles. The Morgan fingerprint density at radius 2 is 1.30 bits per heavy atom. The monoisotopic (exact) mass is 218 g/mol. The first-order valence-corrected chi connectivity index (χ1v) is 3.08. The number of ether oxygens (including phenoxy) is 1. The third kappa shape index (κ3) is 62.8. The van der Waals surface area contributed by atoms with E-state index >= 15 is 0 Å². The molecular weight excluding hydrogens is 201 g/mol. The van der Waals surface area contributed by atoms with E-state index in [0.717, 1.165) is 0 Å². The smallest absolute Gasteiger partial charge is 0.445 e. The first-order chi connectivity index (χ1) is 4.15. The van der Waals surface area contributed by atoms with Crippen LogP contribution < -0.4 is 0 Å². The van der Waals surface area contributed by atoms with Crippen LogP contribution in [0.5, 0.6) is 0 Å². The molecule has 0 aromatic heterocycles. The normalized spacial score (nSPS) is 7.80. The maximum absolute atomic E-state index is 4.61. The number of hydrogen-bond donors (Lipinski definition) is 0. The average molecular weight is 218 g/mol. The molecule has 0 aromatic rings. The van der Waals surface area contributed by atoms with Gasteiger partial charge in [0.2, 0.25) is 0 Å². The van der Waals surface area contributed by atoms with Gasteiger partial charge in [0.1, 0.15) is 0 Å². The van der Waals surface area contributed by atoms with E-state index < -0.39 is 0 Å². The van der Waals surface area contributed by atoms with Crippen molar-refractivity contribution in [1.82, 2.24) is 0 Å². The van der Waals surface area contributed by atoms with E-state index in [9.17, 15) is 0 Å². The molecule has 0 saturated heterocycles. The summed E-state index contributed by atoms with van der Waals surface area (Å²) in [6.07, 6.45) is 0. The maximum atomic E-state index is 4.61. The summed E-state index contributed by atoms with van der Waals surface area (Å²) in [5.74, 6) is 1.42. The van der Waals surface area contributed by atoms with E-state index in [-0.39, 0.29) is 32.7 Å². The van der Waals surface area contributed by atoms with Gasteiger partial charge in [-0.2, -0.15) is 20.8 Å². The second kappa shape index (κ2) is 16.6. The Bertz CT molecular complexity index is 33.5. The van der Waals surface area contributed by atoms with Crippen LogP contribution in [0.2, 0.25) is 0 Å². The van der Waals surface area contributed by atoms with Crippen molar-refractivity contribution < 1.29 is 37.4 Å². The standard InChI is InChI=1S/C4H8O.C4H9.Y/c1-3-5-4-2;1-4(2)3;/h1-4H2;1-3H3;/q-2;-1;+3. The molecule has 0 heterocycles. The van der Waals surface area contributed by atoms with Crippen molar-refractivity contribution in [2.24, 2.45) is 0 Å². The van der Waals surface area contributed by atoms with Crippen LogP contribution in [0, 0.1) is 19.8 Å². The predicted molar refractivity (Wildman–Crippen MR) is 41.8 cm³/mol. The van der Waals surface area contributed by atoms with Crippen molar-refractivity contribution in [3.63, 3.8) is 0 Å². The van der Waals surface area contributed by atoms with Gasteiger partial charge in [0.25, 0.3) is 0 Å². The fourth-order valence-electron chi connectivity index (χ4n) is 0.102. The largest absolute Gasteiger partial charge is 3.00 e. The summed E-state index contributed by atoms with van der Waals surface area (Å²) < 4.78 is 4.61. The van der Waals surface area contributed by atoms with Crippen molar-refractivity contribution in [3.8, 4) is 0 Å². The molecule has 0 unspecified atom stereocenters. The zero-order valence-electron chi connectivity index (χ0n) is 7.31. The van der Waals surface area contributed by atoms with E-state index in [4.69, 9.17) is 0 Å². The van der Waals surface area contributed by atoms with Crippen LogP contribution in [0.15, 0.2) is 0 Å². The minimum absolute atomic E-state index is 0. The Labute approximate surface area is 90.8 Å². The Morgan fingerprint density at radius 3 is 1.30 bits per heavy atom. The van der Waals surface area contributed by atoms with Crippen molar-refractivity contribution >= 4 is 0 Å². The van der Waals surface area contributed by atoms with Gasteiger partial charge < -0.3 is 24.5 Å². The molecule has 0 atom stereocenters. The van der Waals surface area contributed by atoms with E-state index in [0.29, 0.717) is 13.2 Å². The topological polar surface area (TPSA) is 9.23 Å².